The number of aromatic nitrogens is 3. The molecule has 10 aromatic rings. The molecule has 3 nitrogen and oxygen atoms in total. The zero-order valence-corrected chi connectivity index (χ0v) is 29.4. The van der Waals surface area contributed by atoms with Crippen molar-refractivity contribution < 1.29 is 0 Å². The summed E-state index contributed by atoms with van der Waals surface area (Å²) in [5.41, 5.74) is 9.68. The quantitative estimate of drug-likeness (QED) is 0.175. The van der Waals surface area contributed by atoms with E-state index in [0.717, 1.165) is 44.3 Å². The highest BCUT2D eigenvalue weighted by Crippen LogP contribution is 2.37. The topological polar surface area (TPSA) is 38.7 Å². The molecular weight excluding hydrogens is 655 g/mol. The standard InChI is InChI=1S/C51H33N3/c1-3-14-39-31-42(29-27-34(39)11-1)37-25-23-36(24-26-37)41-17-9-18-43(32-41)49-52-50(44-30-28-35-12-2-4-15-40(35)33-44)54-51(53-49)48-21-8-7-20-47(48)46-22-10-16-38-13-5-6-19-45(38)46/h1-33H. The average Bonchev–Trinajstić information content (AvgIpc) is 3.26. The Balaban J connectivity index is 1.09. The van der Waals surface area contributed by atoms with Crippen LogP contribution in [0.15, 0.2) is 200 Å². The van der Waals surface area contributed by atoms with E-state index < -0.39 is 0 Å². The molecule has 1 heterocycles. The van der Waals surface area contributed by atoms with Gasteiger partial charge in [-0.2, -0.15) is 0 Å². The van der Waals surface area contributed by atoms with Crippen LogP contribution in [0.4, 0.5) is 0 Å². The highest BCUT2D eigenvalue weighted by Gasteiger charge is 2.17. The average molecular weight is 688 g/mol. The summed E-state index contributed by atoms with van der Waals surface area (Å²) < 4.78 is 0. The molecule has 0 aliphatic heterocycles. The Morgan fingerprint density at radius 1 is 0.222 bits per heavy atom. The van der Waals surface area contributed by atoms with Crippen LogP contribution in [0, 0.1) is 0 Å². The summed E-state index contributed by atoms with van der Waals surface area (Å²) in [6, 6.07) is 70.7. The number of hydrogen-bond donors (Lipinski definition) is 0. The van der Waals surface area contributed by atoms with Crippen molar-refractivity contribution in [3.8, 4) is 67.5 Å². The molecule has 0 aliphatic rings. The van der Waals surface area contributed by atoms with E-state index in [9.17, 15) is 0 Å². The number of nitrogens with zero attached hydrogens (tertiary/aromatic N) is 3. The van der Waals surface area contributed by atoms with Crippen molar-refractivity contribution in [3.63, 3.8) is 0 Å². The fourth-order valence-electron chi connectivity index (χ4n) is 7.52. The lowest BCUT2D eigenvalue weighted by Gasteiger charge is -2.14. The summed E-state index contributed by atoms with van der Waals surface area (Å²) in [5, 5.41) is 7.19. The molecule has 0 spiro atoms. The van der Waals surface area contributed by atoms with Gasteiger partial charge in [0.15, 0.2) is 17.5 Å². The fourth-order valence-corrected chi connectivity index (χ4v) is 7.52. The van der Waals surface area contributed by atoms with Gasteiger partial charge in [-0.15, -0.1) is 0 Å². The molecule has 10 rings (SSSR count). The normalized spacial score (nSPS) is 11.3. The van der Waals surface area contributed by atoms with E-state index in [2.05, 4.69) is 200 Å². The lowest BCUT2D eigenvalue weighted by atomic mass is 9.94. The first kappa shape index (κ1) is 31.5. The first-order valence-electron chi connectivity index (χ1n) is 18.3. The second-order valence-electron chi connectivity index (χ2n) is 13.7. The Labute approximate surface area is 313 Å². The van der Waals surface area contributed by atoms with E-state index in [1.807, 2.05) is 0 Å². The molecule has 0 bridgehead atoms. The second kappa shape index (κ2) is 13.4. The van der Waals surface area contributed by atoms with Crippen molar-refractivity contribution in [2.24, 2.45) is 0 Å². The third-order valence-corrected chi connectivity index (χ3v) is 10.3. The van der Waals surface area contributed by atoms with Gasteiger partial charge in [0.05, 0.1) is 0 Å². The van der Waals surface area contributed by atoms with E-state index in [-0.39, 0.29) is 0 Å². The van der Waals surface area contributed by atoms with E-state index in [1.165, 1.54) is 38.1 Å². The van der Waals surface area contributed by atoms with E-state index in [0.29, 0.717) is 17.5 Å². The van der Waals surface area contributed by atoms with Gasteiger partial charge in [-0.05, 0) is 83.9 Å². The molecule has 54 heavy (non-hydrogen) atoms. The molecule has 0 amide bonds. The van der Waals surface area contributed by atoms with Crippen molar-refractivity contribution in [2.75, 3.05) is 0 Å². The maximum Gasteiger partial charge on any atom is 0.164 e. The minimum atomic E-state index is 0.630. The summed E-state index contributed by atoms with van der Waals surface area (Å²) >= 11 is 0. The number of benzene rings is 9. The third kappa shape index (κ3) is 5.88. The fraction of sp³-hybridized carbons (Fsp3) is 0. The van der Waals surface area contributed by atoms with E-state index in [4.69, 9.17) is 15.0 Å². The molecule has 0 atom stereocenters. The molecular formula is C51H33N3. The van der Waals surface area contributed by atoms with Crippen LogP contribution in [0.2, 0.25) is 0 Å². The Kier molecular flexibility index (Phi) is 7.81. The van der Waals surface area contributed by atoms with Crippen LogP contribution < -0.4 is 0 Å². The smallest absolute Gasteiger partial charge is 0.164 e. The molecule has 252 valence electrons. The highest BCUT2D eigenvalue weighted by molar-refractivity contribution is 6.00. The van der Waals surface area contributed by atoms with Gasteiger partial charge in [0.2, 0.25) is 0 Å². The van der Waals surface area contributed by atoms with E-state index >= 15 is 0 Å². The molecule has 3 heteroatoms. The van der Waals surface area contributed by atoms with Crippen LogP contribution in [-0.4, -0.2) is 15.0 Å². The van der Waals surface area contributed by atoms with Crippen LogP contribution >= 0.6 is 0 Å². The van der Waals surface area contributed by atoms with Crippen LogP contribution in [0.3, 0.4) is 0 Å². The second-order valence-corrected chi connectivity index (χ2v) is 13.7. The van der Waals surface area contributed by atoms with Gasteiger partial charge in [0.25, 0.3) is 0 Å². The molecule has 0 N–H and O–H groups in total. The Morgan fingerprint density at radius 3 is 1.35 bits per heavy atom. The van der Waals surface area contributed by atoms with E-state index in [1.54, 1.807) is 0 Å². The molecule has 0 saturated heterocycles. The van der Waals surface area contributed by atoms with Crippen molar-refractivity contribution in [2.45, 2.75) is 0 Å². The van der Waals surface area contributed by atoms with Gasteiger partial charge in [-0.3, -0.25) is 0 Å². The maximum absolute atomic E-state index is 5.22. The summed E-state index contributed by atoms with van der Waals surface area (Å²) in [6.45, 7) is 0. The predicted octanol–water partition coefficient (Wildman–Crippen LogP) is 13.3. The summed E-state index contributed by atoms with van der Waals surface area (Å²) in [4.78, 5) is 15.6. The lowest BCUT2D eigenvalue weighted by Crippen LogP contribution is -2.01. The highest BCUT2D eigenvalue weighted by atomic mass is 15.0. The van der Waals surface area contributed by atoms with Gasteiger partial charge < -0.3 is 0 Å². The summed E-state index contributed by atoms with van der Waals surface area (Å²) in [7, 11) is 0. The Hall–Kier alpha value is -7.23. The van der Waals surface area contributed by atoms with Crippen LogP contribution in [0.5, 0.6) is 0 Å². The monoisotopic (exact) mass is 687 g/mol. The van der Waals surface area contributed by atoms with Gasteiger partial charge in [-0.25, -0.2) is 15.0 Å². The molecule has 0 aliphatic carbocycles. The molecule has 0 saturated carbocycles. The predicted molar refractivity (Wildman–Crippen MR) is 225 cm³/mol. The minimum absolute atomic E-state index is 0.630. The molecule has 9 aromatic carbocycles. The lowest BCUT2D eigenvalue weighted by molar-refractivity contribution is 1.07. The first-order valence-corrected chi connectivity index (χ1v) is 18.3. The third-order valence-electron chi connectivity index (χ3n) is 10.3. The molecule has 0 unspecified atom stereocenters. The van der Waals surface area contributed by atoms with Crippen LogP contribution in [0.25, 0.3) is 99.9 Å². The van der Waals surface area contributed by atoms with Crippen molar-refractivity contribution in [3.05, 3.63) is 200 Å². The van der Waals surface area contributed by atoms with Gasteiger partial charge >= 0.3 is 0 Å². The largest absolute Gasteiger partial charge is 0.208 e. The van der Waals surface area contributed by atoms with Gasteiger partial charge in [0.1, 0.15) is 0 Å². The summed E-state index contributed by atoms with van der Waals surface area (Å²) in [6.07, 6.45) is 0. The zero-order chi connectivity index (χ0) is 35.8. The Morgan fingerprint density at radius 2 is 0.648 bits per heavy atom. The molecule has 0 radical (unpaired) electrons. The SMILES string of the molecule is c1cc(-c2ccc(-c3ccc4ccccc4c3)cc2)cc(-c2nc(-c3ccc4ccccc4c3)nc(-c3ccccc3-c3cccc4ccccc34)n2)c1. The van der Waals surface area contributed by atoms with Gasteiger partial charge in [-0.1, -0.05) is 182 Å². The zero-order valence-electron chi connectivity index (χ0n) is 29.4. The first-order chi connectivity index (χ1) is 26.7. The van der Waals surface area contributed by atoms with Crippen molar-refractivity contribution in [1.82, 2.24) is 15.0 Å². The summed E-state index contributed by atoms with van der Waals surface area (Å²) in [5.74, 6) is 1.90. The van der Waals surface area contributed by atoms with Gasteiger partial charge in [0, 0.05) is 16.7 Å². The number of hydrogen-bond acceptors (Lipinski definition) is 3. The molecule has 1 aromatic heterocycles. The van der Waals surface area contributed by atoms with Crippen LogP contribution in [-0.2, 0) is 0 Å². The van der Waals surface area contributed by atoms with Crippen molar-refractivity contribution in [1.29, 1.82) is 0 Å². The molecule has 0 fully saturated rings. The van der Waals surface area contributed by atoms with Crippen LogP contribution in [0.1, 0.15) is 0 Å². The minimum Gasteiger partial charge on any atom is -0.208 e. The number of rotatable bonds is 6. The maximum atomic E-state index is 5.22. The number of fused-ring (bicyclic) bond motifs is 3. The Bertz CT molecular complexity index is 2990. The van der Waals surface area contributed by atoms with Crippen molar-refractivity contribution >= 4 is 32.3 Å².